The summed E-state index contributed by atoms with van der Waals surface area (Å²) < 4.78 is 28.4. The molecule has 0 radical (unpaired) electrons. The Bertz CT molecular complexity index is 405. The average molecular weight is 276 g/mol. The normalized spacial score (nSPS) is 27.5. The number of likely N-dealkylation sites (tertiary alicyclic amines) is 1. The SMILES string of the molecule is CN1CC(NS(=O)(=O)N2CCNCC2)CCC1=O. The number of rotatable bonds is 3. The molecule has 0 saturated carbocycles. The fourth-order valence-electron chi connectivity index (χ4n) is 2.28. The molecule has 0 spiro atoms. The van der Waals surface area contributed by atoms with Crippen LogP contribution in [0.25, 0.3) is 0 Å². The molecule has 2 aliphatic rings. The molecule has 1 atom stereocenters. The second-order valence-electron chi connectivity index (χ2n) is 4.78. The third kappa shape index (κ3) is 3.19. The molecule has 1 amide bonds. The van der Waals surface area contributed by atoms with Crippen LogP contribution in [0.4, 0.5) is 0 Å². The molecule has 2 fully saturated rings. The first-order valence-electron chi connectivity index (χ1n) is 6.21. The number of nitrogens with zero attached hydrogens (tertiary/aromatic N) is 2. The maximum atomic E-state index is 12.1. The maximum absolute atomic E-state index is 12.1. The molecule has 2 N–H and O–H groups in total. The van der Waals surface area contributed by atoms with E-state index in [2.05, 4.69) is 10.0 Å². The zero-order valence-electron chi connectivity index (χ0n) is 10.6. The van der Waals surface area contributed by atoms with Crippen molar-refractivity contribution < 1.29 is 13.2 Å². The number of amides is 1. The van der Waals surface area contributed by atoms with E-state index in [1.165, 1.54) is 4.31 Å². The summed E-state index contributed by atoms with van der Waals surface area (Å²) in [5.74, 6) is 0.0765. The third-order valence-corrected chi connectivity index (χ3v) is 5.03. The van der Waals surface area contributed by atoms with E-state index in [0.717, 1.165) is 0 Å². The molecule has 2 heterocycles. The van der Waals surface area contributed by atoms with Gasteiger partial charge in [0.1, 0.15) is 0 Å². The van der Waals surface area contributed by atoms with Gasteiger partial charge in [0.25, 0.3) is 10.2 Å². The Morgan fingerprint density at radius 2 is 2.00 bits per heavy atom. The van der Waals surface area contributed by atoms with E-state index < -0.39 is 10.2 Å². The molecule has 0 aliphatic carbocycles. The maximum Gasteiger partial charge on any atom is 0.279 e. The number of carbonyl (C=O) groups is 1. The number of carbonyl (C=O) groups excluding carboxylic acids is 1. The van der Waals surface area contributed by atoms with Crippen LogP contribution in [0, 0.1) is 0 Å². The van der Waals surface area contributed by atoms with Crippen molar-refractivity contribution in [2.75, 3.05) is 39.8 Å². The summed E-state index contributed by atoms with van der Waals surface area (Å²) in [6.07, 6.45) is 0.986. The highest BCUT2D eigenvalue weighted by molar-refractivity contribution is 7.87. The quantitative estimate of drug-likeness (QED) is 0.647. The summed E-state index contributed by atoms with van der Waals surface area (Å²) in [5, 5.41) is 3.12. The Hall–Kier alpha value is -0.700. The molecule has 2 rings (SSSR count). The van der Waals surface area contributed by atoms with Crippen LogP contribution in [0.1, 0.15) is 12.8 Å². The first-order chi connectivity index (χ1) is 8.49. The van der Waals surface area contributed by atoms with Gasteiger partial charge in [-0.05, 0) is 6.42 Å². The molecule has 104 valence electrons. The molecular formula is C10H20N4O3S. The van der Waals surface area contributed by atoms with Gasteiger partial charge in [0.2, 0.25) is 5.91 Å². The summed E-state index contributed by atoms with van der Waals surface area (Å²) in [7, 11) is -1.72. The van der Waals surface area contributed by atoms with Crippen molar-refractivity contribution in [1.82, 2.24) is 19.2 Å². The Balaban J connectivity index is 1.93. The van der Waals surface area contributed by atoms with Crippen molar-refractivity contribution in [2.45, 2.75) is 18.9 Å². The zero-order valence-corrected chi connectivity index (χ0v) is 11.4. The van der Waals surface area contributed by atoms with Crippen molar-refractivity contribution in [3.05, 3.63) is 0 Å². The van der Waals surface area contributed by atoms with E-state index in [9.17, 15) is 13.2 Å². The Morgan fingerprint density at radius 1 is 1.33 bits per heavy atom. The smallest absolute Gasteiger partial charge is 0.279 e. The van der Waals surface area contributed by atoms with Crippen LogP contribution in [0.2, 0.25) is 0 Å². The highest BCUT2D eigenvalue weighted by Gasteiger charge is 2.30. The van der Waals surface area contributed by atoms with Gasteiger partial charge < -0.3 is 10.2 Å². The van der Waals surface area contributed by atoms with Crippen molar-refractivity contribution in [2.24, 2.45) is 0 Å². The molecule has 8 heteroatoms. The van der Waals surface area contributed by atoms with Crippen LogP contribution in [0.5, 0.6) is 0 Å². The molecule has 0 aromatic carbocycles. The van der Waals surface area contributed by atoms with Crippen LogP contribution in [0.3, 0.4) is 0 Å². The van der Waals surface area contributed by atoms with Crippen molar-refractivity contribution in [3.8, 4) is 0 Å². The number of likely N-dealkylation sites (N-methyl/N-ethyl adjacent to an activating group) is 1. The molecule has 2 aliphatic heterocycles. The predicted octanol–water partition coefficient (Wildman–Crippen LogP) is -1.65. The number of nitrogens with one attached hydrogen (secondary N) is 2. The average Bonchev–Trinajstić information content (AvgIpc) is 2.35. The standard InChI is InChI=1S/C10H20N4O3S/c1-13-8-9(2-3-10(13)15)12-18(16,17)14-6-4-11-5-7-14/h9,11-12H,2-8H2,1H3. The molecule has 0 aromatic rings. The van der Waals surface area contributed by atoms with Gasteiger partial charge >= 0.3 is 0 Å². The minimum absolute atomic E-state index is 0.0765. The lowest BCUT2D eigenvalue weighted by molar-refractivity contribution is -0.132. The molecule has 0 aromatic heterocycles. The Morgan fingerprint density at radius 3 is 2.61 bits per heavy atom. The van der Waals surface area contributed by atoms with Crippen LogP contribution >= 0.6 is 0 Å². The highest BCUT2D eigenvalue weighted by atomic mass is 32.2. The number of piperidine rings is 1. The van der Waals surface area contributed by atoms with E-state index in [4.69, 9.17) is 0 Å². The molecule has 18 heavy (non-hydrogen) atoms. The van der Waals surface area contributed by atoms with Gasteiger partial charge in [-0.25, -0.2) is 0 Å². The van der Waals surface area contributed by atoms with Gasteiger partial charge in [-0.3, -0.25) is 4.79 Å². The van der Waals surface area contributed by atoms with Gasteiger partial charge in [-0.2, -0.15) is 17.4 Å². The van der Waals surface area contributed by atoms with E-state index in [-0.39, 0.29) is 11.9 Å². The fraction of sp³-hybridized carbons (Fsp3) is 0.900. The molecule has 7 nitrogen and oxygen atoms in total. The topological polar surface area (TPSA) is 81.8 Å². The third-order valence-electron chi connectivity index (χ3n) is 3.36. The molecule has 2 saturated heterocycles. The van der Waals surface area contributed by atoms with E-state index >= 15 is 0 Å². The minimum Gasteiger partial charge on any atom is -0.344 e. The lowest BCUT2D eigenvalue weighted by Crippen LogP contribution is -2.55. The predicted molar refractivity (Wildman–Crippen MR) is 67.2 cm³/mol. The fourth-order valence-corrected chi connectivity index (χ4v) is 3.70. The lowest BCUT2D eigenvalue weighted by atomic mass is 10.1. The van der Waals surface area contributed by atoms with Gasteiger partial charge in [0.05, 0.1) is 0 Å². The van der Waals surface area contributed by atoms with E-state index in [0.29, 0.717) is 45.6 Å². The monoisotopic (exact) mass is 276 g/mol. The van der Waals surface area contributed by atoms with Crippen LogP contribution in [0.15, 0.2) is 0 Å². The number of hydrogen-bond donors (Lipinski definition) is 2. The van der Waals surface area contributed by atoms with E-state index in [1.807, 2.05) is 0 Å². The zero-order chi connectivity index (χ0) is 13.2. The van der Waals surface area contributed by atoms with E-state index in [1.54, 1.807) is 11.9 Å². The van der Waals surface area contributed by atoms with Crippen molar-refractivity contribution >= 4 is 16.1 Å². The van der Waals surface area contributed by atoms with Gasteiger partial charge in [-0.15, -0.1) is 0 Å². The van der Waals surface area contributed by atoms with Gasteiger partial charge in [0.15, 0.2) is 0 Å². The summed E-state index contributed by atoms with van der Waals surface area (Å²) >= 11 is 0. The summed E-state index contributed by atoms with van der Waals surface area (Å²) in [4.78, 5) is 12.9. The highest BCUT2D eigenvalue weighted by Crippen LogP contribution is 2.12. The first-order valence-corrected chi connectivity index (χ1v) is 7.65. The number of hydrogen-bond acceptors (Lipinski definition) is 4. The second kappa shape index (κ2) is 5.52. The largest absolute Gasteiger partial charge is 0.344 e. The van der Waals surface area contributed by atoms with Crippen LogP contribution < -0.4 is 10.0 Å². The lowest BCUT2D eigenvalue weighted by Gasteiger charge is -2.33. The van der Waals surface area contributed by atoms with Crippen molar-refractivity contribution in [3.63, 3.8) is 0 Å². The summed E-state index contributed by atoms with van der Waals surface area (Å²) in [5.41, 5.74) is 0. The minimum atomic E-state index is -3.42. The Labute approximate surface area is 108 Å². The first kappa shape index (κ1) is 13.7. The second-order valence-corrected chi connectivity index (χ2v) is 6.48. The molecule has 0 bridgehead atoms. The Kier molecular flexibility index (Phi) is 4.21. The molecular weight excluding hydrogens is 256 g/mol. The summed E-state index contributed by atoms with van der Waals surface area (Å²) in [6, 6.07) is -0.174. The van der Waals surface area contributed by atoms with Crippen molar-refractivity contribution in [1.29, 1.82) is 0 Å². The van der Waals surface area contributed by atoms with Crippen LogP contribution in [-0.2, 0) is 15.0 Å². The van der Waals surface area contributed by atoms with Crippen LogP contribution in [-0.4, -0.2) is 69.3 Å². The number of piperazine rings is 1. The molecule has 1 unspecified atom stereocenters. The summed E-state index contributed by atoms with van der Waals surface area (Å²) in [6.45, 7) is 2.81. The van der Waals surface area contributed by atoms with Gasteiger partial charge in [-0.1, -0.05) is 0 Å². The van der Waals surface area contributed by atoms with Gasteiger partial charge in [0, 0.05) is 52.2 Å².